The highest BCUT2D eigenvalue weighted by Crippen LogP contribution is 2.33. The molecule has 0 aliphatic heterocycles. The SMILES string of the molecule is CCOC(=O)CC(=C(F)F)[Si](CC)(CC)CC. The van der Waals surface area contributed by atoms with E-state index in [1.165, 1.54) is 0 Å². The first kappa shape index (κ1) is 16.3. The molecule has 0 saturated carbocycles. The quantitative estimate of drug-likeness (QED) is 0.510. The van der Waals surface area contributed by atoms with Crippen LogP contribution in [-0.4, -0.2) is 20.7 Å². The molecule has 100 valence electrons. The molecule has 5 heteroatoms. The molecule has 0 aromatic rings. The molecular weight excluding hydrogens is 242 g/mol. The van der Waals surface area contributed by atoms with E-state index in [0.717, 1.165) is 18.1 Å². The van der Waals surface area contributed by atoms with Crippen molar-refractivity contribution in [2.24, 2.45) is 0 Å². The minimum Gasteiger partial charge on any atom is -0.466 e. The summed E-state index contributed by atoms with van der Waals surface area (Å²) in [6.45, 7) is 7.73. The molecular formula is C12H22F2O2Si. The number of rotatable bonds is 7. The van der Waals surface area contributed by atoms with Gasteiger partial charge in [0.1, 0.15) is 0 Å². The van der Waals surface area contributed by atoms with Crippen LogP contribution in [0.4, 0.5) is 8.78 Å². The molecule has 0 saturated heterocycles. The Morgan fingerprint density at radius 2 is 1.53 bits per heavy atom. The minimum absolute atomic E-state index is 0.0865. The third-order valence-corrected chi connectivity index (χ3v) is 9.23. The first-order valence-electron chi connectivity index (χ1n) is 6.17. The standard InChI is InChI=1S/C12H22F2O2Si/c1-5-16-11(15)9-10(12(13)14)17(6-2,7-3)8-4/h5-9H2,1-4H3. The second-order valence-electron chi connectivity index (χ2n) is 4.06. The molecule has 0 aromatic carbocycles. The van der Waals surface area contributed by atoms with E-state index in [4.69, 9.17) is 4.74 Å². The van der Waals surface area contributed by atoms with Gasteiger partial charge in [0, 0.05) is 0 Å². The molecule has 0 aliphatic carbocycles. The highest BCUT2D eigenvalue weighted by Gasteiger charge is 2.36. The summed E-state index contributed by atoms with van der Waals surface area (Å²) in [6.07, 6.45) is -1.91. The molecule has 0 spiro atoms. The number of ether oxygens (including phenoxy) is 1. The van der Waals surface area contributed by atoms with Gasteiger partial charge in [-0.2, -0.15) is 8.78 Å². The largest absolute Gasteiger partial charge is 0.466 e. The van der Waals surface area contributed by atoms with Crippen LogP contribution in [0.5, 0.6) is 0 Å². The van der Waals surface area contributed by atoms with Crippen molar-refractivity contribution in [3.63, 3.8) is 0 Å². The Morgan fingerprint density at radius 1 is 1.06 bits per heavy atom. The second kappa shape index (κ2) is 7.58. The van der Waals surface area contributed by atoms with Crippen LogP contribution in [0.2, 0.25) is 18.1 Å². The average molecular weight is 264 g/mol. The van der Waals surface area contributed by atoms with Gasteiger partial charge in [0.25, 0.3) is 6.08 Å². The predicted octanol–water partition coefficient (Wildman–Crippen LogP) is 4.14. The van der Waals surface area contributed by atoms with Crippen molar-refractivity contribution < 1.29 is 18.3 Å². The third kappa shape index (κ3) is 4.22. The fourth-order valence-corrected chi connectivity index (χ4v) is 5.90. The highest BCUT2D eigenvalue weighted by molar-refractivity contribution is 6.86. The zero-order valence-corrected chi connectivity index (χ0v) is 12.1. The van der Waals surface area contributed by atoms with Gasteiger partial charge in [-0.05, 0) is 12.1 Å². The van der Waals surface area contributed by atoms with Gasteiger partial charge in [-0.1, -0.05) is 38.9 Å². The molecule has 0 aliphatic rings. The number of halogens is 2. The average Bonchev–Trinajstić information content (AvgIpc) is 2.30. The maximum Gasteiger partial charge on any atom is 0.309 e. The van der Waals surface area contributed by atoms with Crippen molar-refractivity contribution in [3.8, 4) is 0 Å². The van der Waals surface area contributed by atoms with Gasteiger partial charge in [0.05, 0.1) is 21.1 Å². The molecule has 0 N–H and O–H groups in total. The van der Waals surface area contributed by atoms with E-state index >= 15 is 0 Å². The van der Waals surface area contributed by atoms with Crippen molar-refractivity contribution in [1.82, 2.24) is 0 Å². The van der Waals surface area contributed by atoms with Crippen LogP contribution in [0.1, 0.15) is 34.1 Å². The van der Waals surface area contributed by atoms with Gasteiger partial charge in [0.2, 0.25) is 0 Å². The van der Waals surface area contributed by atoms with Gasteiger partial charge in [-0.25, -0.2) is 0 Å². The lowest BCUT2D eigenvalue weighted by molar-refractivity contribution is -0.142. The molecule has 0 radical (unpaired) electrons. The summed E-state index contributed by atoms with van der Waals surface area (Å²) < 4.78 is 30.9. The Hall–Kier alpha value is -0.713. The van der Waals surface area contributed by atoms with Crippen LogP contribution in [0.25, 0.3) is 0 Å². The van der Waals surface area contributed by atoms with E-state index < -0.39 is 20.1 Å². The van der Waals surface area contributed by atoms with Crippen molar-refractivity contribution in [1.29, 1.82) is 0 Å². The molecule has 0 unspecified atom stereocenters. The summed E-state index contributed by atoms with van der Waals surface area (Å²) in [5.74, 6) is -0.539. The van der Waals surface area contributed by atoms with E-state index in [1.54, 1.807) is 6.92 Å². The van der Waals surface area contributed by atoms with Crippen molar-refractivity contribution in [2.45, 2.75) is 52.2 Å². The Kier molecular flexibility index (Phi) is 7.26. The van der Waals surface area contributed by atoms with Crippen molar-refractivity contribution in [2.75, 3.05) is 6.61 Å². The lowest BCUT2D eigenvalue weighted by atomic mass is 10.4. The summed E-state index contributed by atoms with van der Waals surface area (Å²) in [5.41, 5.74) is 0. The van der Waals surface area contributed by atoms with Gasteiger partial charge in [-0.3, -0.25) is 4.79 Å². The topological polar surface area (TPSA) is 26.3 Å². The van der Waals surface area contributed by atoms with E-state index in [0.29, 0.717) is 0 Å². The maximum absolute atomic E-state index is 13.1. The van der Waals surface area contributed by atoms with Crippen LogP contribution < -0.4 is 0 Å². The lowest BCUT2D eigenvalue weighted by Crippen LogP contribution is -2.36. The summed E-state index contributed by atoms with van der Waals surface area (Å²) >= 11 is 0. The highest BCUT2D eigenvalue weighted by atomic mass is 28.3. The molecule has 0 atom stereocenters. The van der Waals surface area contributed by atoms with Gasteiger partial charge >= 0.3 is 5.97 Å². The maximum atomic E-state index is 13.1. The number of hydrogen-bond acceptors (Lipinski definition) is 2. The van der Waals surface area contributed by atoms with Gasteiger partial charge in [-0.15, -0.1) is 0 Å². The number of esters is 1. The Bertz CT molecular complexity index is 274. The van der Waals surface area contributed by atoms with E-state index in [9.17, 15) is 13.6 Å². The lowest BCUT2D eigenvalue weighted by Gasteiger charge is -2.30. The Morgan fingerprint density at radius 3 is 1.82 bits per heavy atom. The zero-order valence-electron chi connectivity index (χ0n) is 11.1. The first-order chi connectivity index (χ1) is 7.97. The van der Waals surface area contributed by atoms with Crippen molar-refractivity contribution in [3.05, 3.63) is 11.3 Å². The van der Waals surface area contributed by atoms with Crippen LogP contribution >= 0.6 is 0 Å². The van der Waals surface area contributed by atoms with Gasteiger partial charge in [0.15, 0.2) is 0 Å². The summed E-state index contributed by atoms with van der Waals surface area (Å²) in [7, 11) is -2.17. The Balaban J connectivity index is 5.11. The van der Waals surface area contributed by atoms with Crippen LogP contribution in [0.3, 0.4) is 0 Å². The zero-order chi connectivity index (χ0) is 13.5. The number of carbonyl (C=O) groups is 1. The van der Waals surface area contributed by atoms with Crippen LogP contribution in [0.15, 0.2) is 11.3 Å². The fourth-order valence-electron chi connectivity index (χ4n) is 2.20. The predicted molar refractivity (Wildman–Crippen MR) is 67.7 cm³/mol. The molecule has 0 aromatic heterocycles. The van der Waals surface area contributed by atoms with E-state index in [2.05, 4.69) is 0 Å². The normalized spacial score (nSPS) is 11.2. The molecule has 2 nitrogen and oxygen atoms in total. The second-order valence-corrected chi connectivity index (χ2v) is 9.35. The molecule has 17 heavy (non-hydrogen) atoms. The first-order valence-corrected chi connectivity index (χ1v) is 8.79. The van der Waals surface area contributed by atoms with Gasteiger partial charge < -0.3 is 4.74 Å². The van der Waals surface area contributed by atoms with Crippen LogP contribution in [0, 0.1) is 0 Å². The summed E-state index contributed by atoms with van der Waals surface area (Å²) in [4.78, 5) is 11.4. The number of hydrogen-bond donors (Lipinski definition) is 0. The molecule has 0 bridgehead atoms. The molecule has 0 heterocycles. The van der Waals surface area contributed by atoms with Crippen LogP contribution in [-0.2, 0) is 9.53 Å². The summed E-state index contributed by atoms with van der Waals surface area (Å²) in [6, 6.07) is 2.23. The monoisotopic (exact) mass is 264 g/mol. The van der Waals surface area contributed by atoms with E-state index in [1.807, 2.05) is 20.8 Å². The smallest absolute Gasteiger partial charge is 0.309 e. The third-order valence-electron chi connectivity index (χ3n) is 3.53. The molecule has 0 amide bonds. The number of carbonyl (C=O) groups excluding carboxylic acids is 1. The fraction of sp³-hybridized carbons (Fsp3) is 0.750. The Labute approximate surface area is 103 Å². The minimum atomic E-state index is -2.17. The molecule has 0 fully saturated rings. The van der Waals surface area contributed by atoms with E-state index in [-0.39, 0.29) is 18.2 Å². The molecule has 0 rings (SSSR count). The summed E-state index contributed by atoms with van der Waals surface area (Å²) in [5, 5.41) is 0.0865. The van der Waals surface area contributed by atoms with Crippen molar-refractivity contribution >= 4 is 14.0 Å².